The van der Waals surface area contributed by atoms with E-state index in [4.69, 9.17) is 4.74 Å². The summed E-state index contributed by atoms with van der Waals surface area (Å²) < 4.78 is 5.21. The van der Waals surface area contributed by atoms with Crippen LogP contribution in [0.15, 0.2) is 29.8 Å². The van der Waals surface area contributed by atoms with Crippen molar-refractivity contribution >= 4 is 11.3 Å². The highest BCUT2D eigenvalue weighted by molar-refractivity contribution is 7.12. The zero-order valence-electron chi connectivity index (χ0n) is 7.10. The summed E-state index contributed by atoms with van der Waals surface area (Å²) in [5.41, 5.74) is 2.70. The predicted octanol–water partition coefficient (Wildman–Crippen LogP) is 2.21. The fourth-order valence-electron chi connectivity index (χ4n) is 1.11. The summed E-state index contributed by atoms with van der Waals surface area (Å²) >= 11 is 1.50. The number of aromatic nitrogens is 2. The first-order valence-electron chi connectivity index (χ1n) is 3.81. The van der Waals surface area contributed by atoms with Crippen LogP contribution in [-0.4, -0.2) is 17.3 Å². The average Bonchev–Trinajstić information content (AvgIpc) is 2.70. The summed E-state index contributed by atoms with van der Waals surface area (Å²) in [5, 5.41) is 8.66. The van der Waals surface area contributed by atoms with E-state index in [1.807, 2.05) is 24.3 Å². The second kappa shape index (κ2) is 3.53. The predicted molar refractivity (Wildman–Crippen MR) is 51.9 cm³/mol. The molecule has 0 unspecified atom stereocenters. The molecule has 4 heteroatoms. The van der Waals surface area contributed by atoms with Crippen molar-refractivity contribution in [1.29, 1.82) is 0 Å². The first kappa shape index (κ1) is 8.19. The van der Waals surface area contributed by atoms with Crippen molar-refractivity contribution in [2.24, 2.45) is 0 Å². The molecule has 0 amide bonds. The molecule has 2 rings (SSSR count). The van der Waals surface area contributed by atoms with Gasteiger partial charge in [-0.05, 0) is 12.1 Å². The van der Waals surface area contributed by atoms with E-state index in [-0.39, 0.29) is 0 Å². The highest BCUT2D eigenvalue weighted by Crippen LogP contribution is 2.29. The molecular formula is C9H8N2OS. The Morgan fingerprint density at radius 1 is 1.31 bits per heavy atom. The topological polar surface area (TPSA) is 35.0 Å². The molecule has 1 aromatic carbocycles. The number of hydrogen-bond acceptors (Lipinski definition) is 4. The fraction of sp³-hybridized carbons (Fsp3) is 0.111. The molecule has 0 aliphatic rings. The molecule has 0 radical (unpaired) electrons. The van der Waals surface area contributed by atoms with Gasteiger partial charge in [-0.1, -0.05) is 23.5 Å². The lowest BCUT2D eigenvalue weighted by Crippen LogP contribution is -1.86. The summed E-state index contributed by atoms with van der Waals surface area (Å²) in [6.07, 6.45) is 0. The molecule has 0 fully saturated rings. The maximum Gasteiger partial charge on any atom is 0.151 e. The molecule has 66 valence electrons. The normalized spacial score (nSPS) is 9.92. The van der Waals surface area contributed by atoms with Gasteiger partial charge in [-0.15, -0.1) is 10.2 Å². The Hall–Kier alpha value is -1.42. The van der Waals surface area contributed by atoms with Crippen molar-refractivity contribution in [3.8, 4) is 16.3 Å². The van der Waals surface area contributed by atoms with E-state index in [0.717, 1.165) is 16.3 Å². The third-order valence-electron chi connectivity index (χ3n) is 1.70. The van der Waals surface area contributed by atoms with E-state index in [1.54, 1.807) is 12.6 Å². The molecule has 2 aromatic rings. The first-order chi connectivity index (χ1) is 6.42. The maximum atomic E-state index is 5.21. The molecule has 0 N–H and O–H groups in total. The second-order valence-electron chi connectivity index (χ2n) is 2.44. The lowest BCUT2D eigenvalue weighted by atomic mass is 10.2. The van der Waals surface area contributed by atoms with Crippen molar-refractivity contribution in [3.63, 3.8) is 0 Å². The van der Waals surface area contributed by atoms with Gasteiger partial charge >= 0.3 is 0 Å². The lowest BCUT2D eigenvalue weighted by Gasteiger charge is -2.03. The molecule has 0 bridgehead atoms. The zero-order chi connectivity index (χ0) is 9.10. The Kier molecular flexibility index (Phi) is 2.23. The van der Waals surface area contributed by atoms with Gasteiger partial charge in [-0.2, -0.15) is 0 Å². The van der Waals surface area contributed by atoms with Crippen LogP contribution in [0, 0.1) is 0 Å². The van der Waals surface area contributed by atoms with Gasteiger partial charge < -0.3 is 4.74 Å². The number of rotatable bonds is 2. The SMILES string of the molecule is COc1ccccc1-c1nncs1. The van der Waals surface area contributed by atoms with Crippen LogP contribution in [0.25, 0.3) is 10.6 Å². The van der Waals surface area contributed by atoms with E-state index < -0.39 is 0 Å². The summed E-state index contributed by atoms with van der Waals surface area (Å²) in [5.74, 6) is 0.833. The van der Waals surface area contributed by atoms with Crippen LogP contribution in [0.3, 0.4) is 0 Å². The quantitative estimate of drug-likeness (QED) is 0.731. The van der Waals surface area contributed by atoms with Gasteiger partial charge in [0.1, 0.15) is 11.3 Å². The van der Waals surface area contributed by atoms with Crippen molar-refractivity contribution in [1.82, 2.24) is 10.2 Å². The van der Waals surface area contributed by atoms with Crippen molar-refractivity contribution < 1.29 is 4.74 Å². The Morgan fingerprint density at radius 2 is 2.15 bits per heavy atom. The Balaban J connectivity index is 2.51. The largest absolute Gasteiger partial charge is 0.496 e. The van der Waals surface area contributed by atoms with Crippen molar-refractivity contribution in [2.75, 3.05) is 7.11 Å². The zero-order valence-corrected chi connectivity index (χ0v) is 7.91. The van der Waals surface area contributed by atoms with E-state index in [2.05, 4.69) is 10.2 Å². The van der Waals surface area contributed by atoms with E-state index in [9.17, 15) is 0 Å². The molecule has 0 aliphatic carbocycles. The van der Waals surface area contributed by atoms with E-state index in [1.165, 1.54) is 11.3 Å². The van der Waals surface area contributed by atoms with Gasteiger partial charge in [0.15, 0.2) is 5.01 Å². The minimum atomic E-state index is 0.833. The smallest absolute Gasteiger partial charge is 0.151 e. The molecule has 0 spiro atoms. The summed E-state index contributed by atoms with van der Waals surface area (Å²) in [7, 11) is 1.65. The molecular weight excluding hydrogens is 184 g/mol. The summed E-state index contributed by atoms with van der Waals surface area (Å²) in [4.78, 5) is 0. The van der Waals surface area contributed by atoms with Crippen LogP contribution in [0.5, 0.6) is 5.75 Å². The Morgan fingerprint density at radius 3 is 2.85 bits per heavy atom. The highest BCUT2D eigenvalue weighted by atomic mass is 32.1. The lowest BCUT2D eigenvalue weighted by molar-refractivity contribution is 0.416. The molecule has 0 saturated heterocycles. The Bertz CT molecular complexity index is 386. The first-order valence-corrected chi connectivity index (χ1v) is 4.69. The third kappa shape index (κ3) is 1.53. The van der Waals surface area contributed by atoms with Gasteiger partial charge in [0.05, 0.1) is 12.7 Å². The van der Waals surface area contributed by atoms with Crippen molar-refractivity contribution in [2.45, 2.75) is 0 Å². The monoisotopic (exact) mass is 192 g/mol. The summed E-state index contributed by atoms with van der Waals surface area (Å²) in [6, 6.07) is 7.78. The molecule has 0 saturated carbocycles. The number of para-hydroxylation sites is 1. The minimum Gasteiger partial charge on any atom is -0.496 e. The van der Waals surface area contributed by atoms with Crippen LogP contribution < -0.4 is 4.74 Å². The second-order valence-corrected chi connectivity index (χ2v) is 3.28. The highest BCUT2D eigenvalue weighted by Gasteiger charge is 2.06. The molecule has 1 aromatic heterocycles. The molecule has 3 nitrogen and oxygen atoms in total. The number of nitrogens with zero attached hydrogens (tertiary/aromatic N) is 2. The van der Waals surface area contributed by atoms with Gasteiger partial charge in [-0.3, -0.25) is 0 Å². The maximum absolute atomic E-state index is 5.21. The molecule has 0 atom stereocenters. The van der Waals surface area contributed by atoms with Gasteiger partial charge in [0, 0.05) is 0 Å². The average molecular weight is 192 g/mol. The van der Waals surface area contributed by atoms with Crippen LogP contribution in [0.1, 0.15) is 0 Å². The number of hydrogen-bond donors (Lipinski definition) is 0. The van der Waals surface area contributed by atoms with Crippen LogP contribution >= 0.6 is 11.3 Å². The Labute approximate surface area is 80.0 Å². The standard InChI is InChI=1S/C9H8N2OS/c1-12-8-5-3-2-4-7(8)9-11-10-6-13-9/h2-6H,1H3. The fourth-order valence-corrected chi connectivity index (χ4v) is 1.70. The van der Waals surface area contributed by atoms with Crippen LogP contribution in [-0.2, 0) is 0 Å². The molecule has 1 heterocycles. The van der Waals surface area contributed by atoms with E-state index in [0.29, 0.717) is 0 Å². The number of methoxy groups -OCH3 is 1. The van der Waals surface area contributed by atoms with Crippen molar-refractivity contribution in [3.05, 3.63) is 29.8 Å². The summed E-state index contributed by atoms with van der Waals surface area (Å²) in [6.45, 7) is 0. The number of benzene rings is 1. The number of ether oxygens (including phenoxy) is 1. The van der Waals surface area contributed by atoms with Gasteiger partial charge in [0.2, 0.25) is 0 Å². The van der Waals surface area contributed by atoms with Crippen LogP contribution in [0.4, 0.5) is 0 Å². The molecule has 13 heavy (non-hydrogen) atoms. The third-order valence-corrected chi connectivity index (χ3v) is 2.42. The van der Waals surface area contributed by atoms with E-state index >= 15 is 0 Å². The molecule has 0 aliphatic heterocycles. The minimum absolute atomic E-state index is 0.833. The van der Waals surface area contributed by atoms with Gasteiger partial charge in [-0.25, -0.2) is 0 Å². The van der Waals surface area contributed by atoms with Crippen LogP contribution in [0.2, 0.25) is 0 Å². The van der Waals surface area contributed by atoms with Gasteiger partial charge in [0.25, 0.3) is 0 Å².